The number of carboxylic acids is 1. The van der Waals surface area contributed by atoms with Crippen LogP contribution in [0, 0.1) is 0 Å². The molecule has 0 spiro atoms. The van der Waals surface area contributed by atoms with Gasteiger partial charge in [-0.2, -0.15) is 0 Å². The number of rotatable bonds is 24. The molecule has 0 unspecified atom stereocenters. The smallest absolute Gasteiger partial charge is 0.323 e. The zero-order chi connectivity index (χ0) is 51.0. The van der Waals surface area contributed by atoms with Crippen LogP contribution in [-0.4, -0.2) is 249 Å². The fourth-order valence-corrected chi connectivity index (χ4v) is 5.99. The standard InChI is InChI=1S/C43H61N11O13/c1-12-29-13-14-30(54-33(56)15-16-34(54)57)17-31(29)43(67)53(11)26-41(64)47(5)20-32(55)44-18-35(58)48(6)22-38(61)51(9)24-39(62)50(8)23-37(60)46(4)19-28(2)45(3)21-36(59)49(7)25-40(63)52(10)27-42(65)66/h13-17H,2,12,18-27H2,1,3-11H3,(H,44,55)(H,65,66). The second-order valence-corrected chi connectivity index (χ2v) is 16.0. The number of aryl methyl sites for hydroxylation is 1. The van der Waals surface area contributed by atoms with Gasteiger partial charge in [-0.1, -0.05) is 19.6 Å². The molecule has 24 nitrogen and oxygen atoms in total. The minimum absolute atomic E-state index is 0.0197. The van der Waals surface area contributed by atoms with Crippen LogP contribution in [0.1, 0.15) is 22.8 Å². The van der Waals surface area contributed by atoms with Crippen molar-refractivity contribution in [2.75, 3.05) is 134 Å². The van der Waals surface area contributed by atoms with Crippen molar-refractivity contribution < 1.29 is 62.6 Å². The first-order chi connectivity index (χ1) is 31.2. The van der Waals surface area contributed by atoms with Gasteiger partial charge in [0.2, 0.25) is 47.3 Å². The summed E-state index contributed by atoms with van der Waals surface area (Å²) in [5, 5.41) is 11.2. The van der Waals surface area contributed by atoms with Crippen LogP contribution < -0.4 is 10.2 Å². The van der Waals surface area contributed by atoms with Crippen molar-refractivity contribution in [1.29, 1.82) is 0 Å². The van der Waals surface area contributed by atoms with E-state index < -0.39 is 110 Å². The molecule has 67 heavy (non-hydrogen) atoms. The molecule has 11 amide bonds. The molecule has 2 rings (SSSR count). The van der Waals surface area contributed by atoms with Crippen LogP contribution in [0.25, 0.3) is 0 Å². The lowest BCUT2D eigenvalue weighted by Crippen LogP contribution is -2.48. The van der Waals surface area contributed by atoms with Crippen LogP contribution in [0.4, 0.5) is 5.69 Å². The number of carbonyl (C=O) groups excluding carboxylic acids is 11. The molecule has 0 fully saturated rings. The first-order valence-corrected chi connectivity index (χ1v) is 20.7. The van der Waals surface area contributed by atoms with E-state index in [0.717, 1.165) is 51.4 Å². The largest absolute Gasteiger partial charge is 0.480 e. The predicted molar refractivity (Wildman–Crippen MR) is 240 cm³/mol. The van der Waals surface area contributed by atoms with Gasteiger partial charge in [-0.25, -0.2) is 4.90 Å². The number of amides is 11. The highest BCUT2D eigenvalue weighted by Gasteiger charge is 2.29. The third-order valence-corrected chi connectivity index (χ3v) is 10.5. The van der Waals surface area contributed by atoms with Crippen LogP contribution in [0.5, 0.6) is 0 Å². The van der Waals surface area contributed by atoms with Crippen molar-refractivity contribution >= 4 is 76.6 Å². The Bertz CT molecular complexity index is 2160. The Morgan fingerprint density at radius 3 is 1.33 bits per heavy atom. The molecular formula is C43H61N11O13. The van der Waals surface area contributed by atoms with Crippen molar-refractivity contribution in [3.05, 3.63) is 53.8 Å². The monoisotopic (exact) mass is 939 g/mol. The number of nitrogens with one attached hydrogen (secondary N) is 1. The highest BCUT2D eigenvalue weighted by Crippen LogP contribution is 2.24. The number of likely N-dealkylation sites (N-methyl/N-ethyl adjacent to an activating group) is 9. The molecule has 0 saturated heterocycles. The molecule has 24 heteroatoms. The summed E-state index contributed by atoms with van der Waals surface area (Å²) >= 11 is 0. The third-order valence-electron chi connectivity index (χ3n) is 10.5. The Morgan fingerprint density at radius 2 is 0.896 bits per heavy atom. The van der Waals surface area contributed by atoms with Gasteiger partial charge in [0.25, 0.3) is 17.7 Å². The summed E-state index contributed by atoms with van der Waals surface area (Å²) in [4.78, 5) is 162. The minimum atomic E-state index is -1.20. The molecule has 0 radical (unpaired) electrons. The molecule has 0 saturated carbocycles. The lowest BCUT2D eigenvalue weighted by Gasteiger charge is -2.29. The quantitative estimate of drug-likeness (QED) is 0.0958. The maximum absolute atomic E-state index is 13.4. The van der Waals surface area contributed by atoms with Crippen LogP contribution >= 0.6 is 0 Å². The summed E-state index contributed by atoms with van der Waals surface area (Å²) in [6, 6.07) is 4.58. The lowest BCUT2D eigenvalue weighted by molar-refractivity contribution is -0.145. The number of hydrogen-bond donors (Lipinski definition) is 2. The number of benzene rings is 1. The SMILES string of the molecule is C=C(CN(C)C(=O)CN(C)C(=O)CN(C)C(=O)CN(C)C(=O)CNC(=O)CN(C)C(=O)CN(C)C(=O)c1cc(N2C(=O)C=CC2=O)ccc1CC)N(C)CC(=O)N(C)CC(=O)N(C)CC(=O)O. The maximum Gasteiger partial charge on any atom is 0.323 e. The molecule has 0 aliphatic carbocycles. The molecule has 1 heterocycles. The first kappa shape index (κ1) is 55.5. The van der Waals surface area contributed by atoms with Crippen molar-refractivity contribution in [2.24, 2.45) is 0 Å². The van der Waals surface area contributed by atoms with E-state index in [4.69, 9.17) is 5.11 Å². The average Bonchev–Trinajstić information content (AvgIpc) is 3.60. The van der Waals surface area contributed by atoms with Crippen LogP contribution in [-0.2, 0) is 59.2 Å². The topological polar surface area (TPSA) is 270 Å². The summed E-state index contributed by atoms with van der Waals surface area (Å²) in [7, 11) is 12.4. The van der Waals surface area contributed by atoms with E-state index in [1.54, 1.807) is 19.2 Å². The second-order valence-electron chi connectivity index (χ2n) is 16.0. The van der Waals surface area contributed by atoms with E-state index in [0.29, 0.717) is 17.7 Å². The molecule has 0 aromatic heterocycles. The number of hydrogen-bond acceptors (Lipinski definition) is 13. The Labute approximate surface area is 388 Å². The van der Waals surface area contributed by atoms with Gasteiger partial charge >= 0.3 is 5.97 Å². The van der Waals surface area contributed by atoms with Gasteiger partial charge in [0, 0.05) is 86.8 Å². The average molecular weight is 940 g/mol. The minimum Gasteiger partial charge on any atom is -0.480 e. The van der Waals surface area contributed by atoms with Crippen LogP contribution in [0.2, 0.25) is 0 Å². The highest BCUT2D eigenvalue weighted by molar-refractivity contribution is 6.28. The zero-order valence-corrected chi connectivity index (χ0v) is 39.7. The fraction of sp³-hybridized carbons (Fsp3) is 0.488. The third kappa shape index (κ3) is 16.7. The van der Waals surface area contributed by atoms with Crippen molar-refractivity contribution in [1.82, 2.24) is 49.4 Å². The molecule has 1 aromatic carbocycles. The second kappa shape index (κ2) is 25.1. The maximum atomic E-state index is 13.4. The van der Waals surface area contributed by atoms with Gasteiger partial charge < -0.3 is 54.5 Å². The number of aliphatic carboxylic acids is 1. The number of carbonyl (C=O) groups is 12. The van der Waals surface area contributed by atoms with Gasteiger partial charge in [-0.3, -0.25) is 57.5 Å². The summed E-state index contributed by atoms with van der Waals surface area (Å²) in [6.45, 7) is 1.97. The molecule has 366 valence electrons. The molecule has 0 bridgehead atoms. The van der Waals surface area contributed by atoms with E-state index >= 15 is 0 Å². The van der Waals surface area contributed by atoms with Gasteiger partial charge in [0.05, 0.1) is 64.6 Å². The molecule has 1 aliphatic heterocycles. The number of carboxylic acid groups (broad SMARTS) is 1. The van der Waals surface area contributed by atoms with Crippen molar-refractivity contribution in [2.45, 2.75) is 13.3 Å². The Balaban J connectivity index is 1.79. The van der Waals surface area contributed by atoms with Gasteiger partial charge in [-0.05, 0) is 24.1 Å². The number of imide groups is 1. The highest BCUT2D eigenvalue weighted by atomic mass is 16.4. The van der Waals surface area contributed by atoms with Gasteiger partial charge in [0.15, 0.2) is 0 Å². The lowest BCUT2D eigenvalue weighted by atomic mass is 10.0. The molecule has 1 aromatic rings. The number of nitrogens with zero attached hydrogens (tertiary/aromatic N) is 10. The Hall–Kier alpha value is -7.66. The first-order valence-electron chi connectivity index (χ1n) is 20.7. The molecule has 1 aliphatic rings. The summed E-state index contributed by atoms with van der Waals surface area (Å²) in [5.41, 5.74) is 1.37. The van der Waals surface area contributed by atoms with Crippen LogP contribution in [0.15, 0.2) is 42.6 Å². The van der Waals surface area contributed by atoms with Crippen LogP contribution in [0.3, 0.4) is 0 Å². The molecule has 0 atom stereocenters. The molecule has 2 N–H and O–H groups in total. The van der Waals surface area contributed by atoms with Crippen molar-refractivity contribution in [3.8, 4) is 0 Å². The van der Waals surface area contributed by atoms with E-state index in [-0.39, 0.29) is 37.4 Å². The Kier molecular flexibility index (Phi) is 20.8. The summed E-state index contributed by atoms with van der Waals surface area (Å²) < 4.78 is 0. The van der Waals surface area contributed by atoms with Crippen molar-refractivity contribution in [3.63, 3.8) is 0 Å². The Morgan fingerprint density at radius 1 is 0.522 bits per heavy atom. The predicted octanol–water partition coefficient (Wildman–Crippen LogP) is -3.39. The zero-order valence-electron chi connectivity index (χ0n) is 39.7. The normalized spacial score (nSPS) is 11.6. The fourth-order valence-electron chi connectivity index (χ4n) is 5.99. The summed E-state index contributed by atoms with van der Waals surface area (Å²) in [6.07, 6.45) is 2.69. The van der Waals surface area contributed by atoms with E-state index in [9.17, 15) is 57.5 Å². The summed E-state index contributed by atoms with van der Waals surface area (Å²) in [5.74, 6) is -7.56. The van der Waals surface area contributed by atoms with Gasteiger partial charge in [-0.15, -0.1) is 0 Å². The molecular weight excluding hydrogens is 879 g/mol. The van der Waals surface area contributed by atoms with E-state index in [1.165, 1.54) is 72.2 Å². The van der Waals surface area contributed by atoms with E-state index in [1.807, 2.05) is 6.92 Å². The van der Waals surface area contributed by atoms with E-state index in [2.05, 4.69) is 11.9 Å². The number of anilines is 1. The van der Waals surface area contributed by atoms with Gasteiger partial charge in [0.1, 0.15) is 6.54 Å².